The Hall–Kier alpha value is -1.66. The van der Waals surface area contributed by atoms with Gasteiger partial charge < -0.3 is 24.4 Å². The molecule has 0 spiro atoms. The summed E-state index contributed by atoms with van der Waals surface area (Å²) in [6.07, 6.45) is 0.838. The Kier molecular flexibility index (Phi) is 4.90. The quantitative estimate of drug-likeness (QED) is 0.917. The third-order valence-electron chi connectivity index (χ3n) is 3.63. The molecule has 1 fully saturated rings. The van der Waals surface area contributed by atoms with E-state index in [1.807, 2.05) is 0 Å². The molecule has 0 unspecified atom stereocenters. The Balaban J connectivity index is 1.64. The van der Waals surface area contributed by atoms with Crippen LogP contribution in [0.5, 0.6) is 11.5 Å². The van der Waals surface area contributed by atoms with Gasteiger partial charge >= 0.3 is 0 Å². The van der Waals surface area contributed by atoms with E-state index in [-0.39, 0.29) is 12.5 Å². The molecule has 7 heteroatoms. The van der Waals surface area contributed by atoms with Crippen LogP contribution in [-0.2, 0) is 9.53 Å². The van der Waals surface area contributed by atoms with E-state index in [2.05, 4.69) is 5.32 Å². The Morgan fingerprint density at radius 1 is 1.14 bits per heavy atom. The van der Waals surface area contributed by atoms with Crippen LogP contribution >= 0.6 is 11.6 Å². The van der Waals surface area contributed by atoms with Crippen LogP contribution in [0.25, 0.3) is 0 Å². The van der Waals surface area contributed by atoms with Crippen molar-refractivity contribution in [3.8, 4) is 11.5 Å². The Bertz CT molecular complexity index is 547. The zero-order valence-electron chi connectivity index (χ0n) is 12.3. The summed E-state index contributed by atoms with van der Waals surface area (Å²) in [6.45, 7) is 3.88. The number of morpholine rings is 1. The molecular formula is C15H19ClN2O4. The lowest BCUT2D eigenvalue weighted by atomic mass is 10.2. The highest BCUT2D eigenvalue weighted by atomic mass is 35.5. The largest absolute Gasteiger partial charge is 0.490 e. The van der Waals surface area contributed by atoms with Crippen LogP contribution in [0.2, 0.25) is 5.02 Å². The van der Waals surface area contributed by atoms with Crippen LogP contribution in [0.1, 0.15) is 6.42 Å². The first-order valence-electron chi connectivity index (χ1n) is 7.42. The molecule has 3 rings (SSSR count). The molecule has 0 aliphatic carbocycles. The average molecular weight is 327 g/mol. The third-order valence-corrected chi connectivity index (χ3v) is 3.94. The lowest BCUT2D eigenvalue weighted by Crippen LogP contribution is -2.43. The minimum absolute atomic E-state index is 0.0338. The van der Waals surface area contributed by atoms with Crippen molar-refractivity contribution < 1.29 is 19.0 Å². The number of fused-ring (bicyclic) bond motifs is 1. The van der Waals surface area contributed by atoms with Crippen LogP contribution in [0.15, 0.2) is 12.1 Å². The molecule has 120 valence electrons. The van der Waals surface area contributed by atoms with Crippen molar-refractivity contribution in [1.29, 1.82) is 0 Å². The Morgan fingerprint density at radius 2 is 1.82 bits per heavy atom. The summed E-state index contributed by atoms with van der Waals surface area (Å²) in [4.78, 5) is 13.9. The Labute approximate surface area is 134 Å². The second kappa shape index (κ2) is 7.07. The second-order valence-electron chi connectivity index (χ2n) is 5.18. The summed E-state index contributed by atoms with van der Waals surface area (Å²) in [5.74, 6) is 1.34. The molecule has 22 heavy (non-hydrogen) atoms. The summed E-state index contributed by atoms with van der Waals surface area (Å²) in [7, 11) is 0. The van der Waals surface area contributed by atoms with Crippen LogP contribution < -0.4 is 14.8 Å². The van der Waals surface area contributed by atoms with E-state index in [4.69, 9.17) is 25.8 Å². The van der Waals surface area contributed by atoms with Gasteiger partial charge in [0.2, 0.25) is 5.91 Å². The summed E-state index contributed by atoms with van der Waals surface area (Å²) in [5, 5.41) is 3.59. The van der Waals surface area contributed by atoms with Gasteiger partial charge in [-0.25, -0.2) is 0 Å². The number of rotatable bonds is 3. The highest BCUT2D eigenvalue weighted by Gasteiger charge is 2.18. The molecule has 0 atom stereocenters. The second-order valence-corrected chi connectivity index (χ2v) is 5.58. The van der Waals surface area contributed by atoms with E-state index in [1.165, 1.54) is 0 Å². The number of hydrogen-bond acceptors (Lipinski definition) is 5. The minimum atomic E-state index is 0.0338. The number of carbonyl (C=O) groups excluding carboxylic acids is 1. The first-order valence-corrected chi connectivity index (χ1v) is 7.80. The smallest absolute Gasteiger partial charge is 0.242 e. The standard InChI is InChI=1S/C15H19ClN2O4/c16-11-8-13-14(22-5-1-4-21-13)9-12(11)17-10-15(19)18-2-6-20-7-3-18/h8-9,17H,1-7,10H2. The molecule has 0 saturated carbocycles. The van der Waals surface area contributed by atoms with Gasteiger partial charge in [0, 0.05) is 31.6 Å². The summed E-state index contributed by atoms with van der Waals surface area (Å²) >= 11 is 6.24. The SMILES string of the molecule is O=C(CNc1cc2c(cc1Cl)OCCCO2)N1CCOCC1. The lowest BCUT2D eigenvalue weighted by molar-refractivity contribution is -0.133. The number of halogens is 1. The first kappa shape index (κ1) is 15.2. The fraction of sp³-hybridized carbons (Fsp3) is 0.533. The molecule has 2 heterocycles. The maximum absolute atomic E-state index is 12.1. The van der Waals surface area contributed by atoms with Gasteiger partial charge in [0.15, 0.2) is 11.5 Å². The molecule has 1 aromatic carbocycles. The molecule has 1 amide bonds. The van der Waals surface area contributed by atoms with Gasteiger partial charge in [-0.05, 0) is 0 Å². The number of carbonyl (C=O) groups is 1. The number of nitrogens with zero attached hydrogens (tertiary/aromatic N) is 1. The van der Waals surface area contributed by atoms with E-state index in [0.717, 1.165) is 6.42 Å². The minimum Gasteiger partial charge on any atom is -0.490 e. The number of hydrogen-bond donors (Lipinski definition) is 1. The monoisotopic (exact) mass is 326 g/mol. The van der Waals surface area contributed by atoms with Crippen molar-refractivity contribution in [2.45, 2.75) is 6.42 Å². The fourth-order valence-electron chi connectivity index (χ4n) is 2.41. The van der Waals surface area contributed by atoms with Crippen LogP contribution in [0.4, 0.5) is 5.69 Å². The van der Waals surface area contributed by atoms with Crippen molar-refractivity contribution in [2.75, 3.05) is 51.4 Å². The average Bonchev–Trinajstić information content (AvgIpc) is 2.78. The maximum atomic E-state index is 12.1. The van der Waals surface area contributed by atoms with E-state index >= 15 is 0 Å². The molecule has 1 saturated heterocycles. The number of nitrogens with one attached hydrogen (secondary N) is 1. The predicted octanol–water partition coefficient (Wildman–Crippen LogP) is 1.77. The lowest BCUT2D eigenvalue weighted by Gasteiger charge is -2.27. The van der Waals surface area contributed by atoms with Crippen LogP contribution in [-0.4, -0.2) is 56.9 Å². The molecule has 1 N–H and O–H groups in total. The predicted molar refractivity (Wildman–Crippen MR) is 82.9 cm³/mol. The molecular weight excluding hydrogens is 308 g/mol. The van der Waals surface area contributed by atoms with Crippen molar-refractivity contribution in [2.24, 2.45) is 0 Å². The highest BCUT2D eigenvalue weighted by molar-refractivity contribution is 6.33. The van der Waals surface area contributed by atoms with Gasteiger partial charge in [-0.3, -0.25) is 4.79 Å². The molecule has 0 aromatic heterocycles. The number of ether oxygens (including phenoxy) is 3. The summed E-state index contributed by atoms with van der Waals surface area (Å²) in [6, 6.07) is 3.51. The zero-order chi connectivity index (χ0) is 15.4. The summed E-state index contributed by atoms with van der Waals surface area (Å²) < 4.78 is 16.5. The first-order chi connectivity index (χ1) is 10.7. The number of benzene rings is 1. The van der Waals surface area contributed by atoms with Gasteiger partial charge in [-0.2, -0.15) is 0 Å². The highest BCUT2D eigenvalue weighted by Crippen LogP contribution is 2.37. The van der Waals surface area contributed by atoms with Crippen LogP contribution in [0, 0.1) is 0 Å². The van der Waals surface area contributed by atoms with Crippen molar-refractivity contribution in [3.63, 3.8) is 0 Å². The molecule has 1 aromatic rings. The molecule has 6 nitrogen and oxygen atoms in total. The molecule has 0 bridgehead atoms. The van der Waals surface area contributed by atoms with E-state index in [9.17, 15) is 4.79 Å². The topological polar surface area (TPSA) is 60.0 Å². The van der Waals surface area contributed by atoms with Gasteiger partial charge in [0.05, 0.1) is 43.7 Å². The number of amides is 1. The molecule has 2 aliphatic heterocycles. The van der Waals surface area contributed by atoms with Crippen molar-refractivity contribution >= 4 is 23.2 Å². The van der Waals surface area contributed by atoms with Gasteiger partial charge in [-0.1, -0.05) is 11.6 Å². The molecule has 0 radical (unpaired) electrons. The van der Waals surface area contributed by atoms with Crippen LogP contribution in [0.3, 0.4) is 0 Å². The summed E-state index contributed by atoms with van der Waals surface area (Å²) in [5.41, 5.74) is 0.674. The van der Waals surface area contributed by atoms with Crippen molar-refractivity contribution in [3.05, 3.63) is 17.2 Å². The van der Waals surface area contributed by atoms with Gasteiger partial charge in [-0.15, -0.1) is 0 Å². The van der Waals surface area contributed by atoms with Crippen molar-refractivity contribution in [1.82, 2.24) is 4.90 Å². The maximum Gasteiger partial charge on any atom is 0.242 e. The van der Waals surface area contributed by atoms with Gasteiger partial charge in [0.25, 0.3) is 0 Å². The zero-order valence-corrected chi connectivity index (χ0v) is 13.0. The molecule has 2 aliphatic rings. The third kappa shape index (κ3) is 3.56. The van der Waals surface area contributed by atoms with E-state index < -0.39 is 0 Å². The van der Waals surface area contributed by atoms with E-state index in [1.54, 1.807) is 17.0 Å². The van der Waals surface area contributed by atoms with E-state index in [0.29, 0.717) is 61.7 Å². The number of anilines is 1. The fourth-order valence-corrected chi connectivity index (χ4v) is 2.64. The van der Waals surface area contributed by atoms with Gasteiger partial charge in [0.1, 0.15) is 0 Å². The Morgan fingerprint density at radius 3 is 2.55 bits per heavy atom. The normalized spacial score (nSPS) is 17.8.